The number of hydrogen-bond acceptors (Lipinski definition) is 5. The molecule has 0 aliphatic heterocycles. The van der Waals surface area contributed by atoms with E-state index in [1.165, 1.54) is 18.5 Å². The largest absolute Gasteiger partial charge is 0.253 e. The number of hydrogen-bond donors (Lipinski definition) is 0. The van der Waals surface area contributed by atoms with Gasteiger partial charge in [0.25, 0.3) is 0 Å². The van der Waals surface area contributed by atoms with E-state index in [4.69, 9.17) is 0 Å². The van der Waals surface area contributed by atoms with Gasteiger partial charge in [-0.15, -0.1) is 5.10 Å². The highest BCUT2D eigenvalue weighted by Gasteiger charge is 2.20. The Morgan fingerprint density at radius 2 is 1.96 bits per heavy atom. The lowest BCUT2D eigenvalue weighted by Crippen LogP contribution is -2.15. The summed E-state index contributed by atoms with van der Waals surface area (Å²) < 4.78 is 16.7. The van der Waals surface area contributed by atoms with Crippen molar-refractivity contribution in [2.45, 2.75) is 19.5 Å². The molecule has 1 aromatic carbocycles. The third kappa shape index (κ3) is 3.21. The third-order valence-corrected chi connectivity index (χ3v) is 4.05. The quantitative estimate of drug-likeness (QED) is 0.554. The van der Waals surface area contributed by atoms with E-state index in [1.54, 1.807) is 34.0 Å². The van der Waals surface area contributed by atoms with E-state index in [-0.39, 0.29) is 11.9 Å². The van der Waals surface area contributed by atoms with Gasteiger partial charge in [0.15, 0.2) is 11.6 Å². The summed E-state index contributed by atoms with van der Waals surface area (Å²) >= 11 is 0. The van der Waals surface area contributed by atoms with Crippen molar-refractivity contribution in [3.05, 3.63) is 78.5 Å². The Bertz CT molecular complexity index is 978. The van der Waals surface area contributed by atoms with Crippen LogP contribution in [0.1, 0.15) is 24.4 Å². The lowest BCUT2D eigenvalue weighted by molar-refractivity contribution is 0.495. The third-order valence-electron chi connectivity index (χ3n) is 4.05. The first-order valence-corrected chi connectivity index (χ1v) is 8.15. The Morgan fingerprint density at radius 3 is 2.65 bits per heavy atom. The maximum atomic E-state index is 13.2. The number of aromatic nitrogens is 7. The molecule has 7 nitrogen and oxygen atoms in total. The van der Waals surface area contributed by atoms with Gasteiger partial charge in [-0.1, -0.05) is 18.2 Å². The Hall–Kier alpha value is -3.42. The highest BCUT2D eigenvalue weighted by atomic mass is 19.1. The highest BCUT2D eigenvalue weighted by molar-refractivity contribution is 5.48. The fourth-order valence-corrected chi connectivity index (χ4v) is 2.68. The molecule has 4 rings (SSSR count). The second-order valence-corrected chi connectivity index (χ2v) is 5.84. The highest BCUT2D eigenvalue weighted by Crippen LogP contribution is 2.20. The van der Waals surface area contributed by atoms with E-state index >= 15 is 0 Å². The van der Waals surface area contributed by atoms with Gasteiger partial charge in [0.2, 0.25) is 0 Å². The van der Waals surface area contributed by atoms with Gasteiger partial charge in [-0.3, -0.25) is 4.98 Å². The summed E-state index contributed by atoms with van der Waals surface area (Å²) in [6, 6.07) is 11.8. The van der Waals surface area contributed by atoms with Gasteiger partial charge in [0, 0.05) is 6.20 Å². The molecule has 3 heterocycles. The van der Waals surface area contributed by atoms with Crippen LogP contribution in [0, 0.1) is 5.82 Å². The molecule has 0 saturated heterocycles. The zero-order valence-electron chi connectivity index (χ0n) is 14.1. The maximum Gasteiger partial charge on any atom is 0.200 e. The first kappa shape index (κ1) is 16.1. The van der Waals surface area contributed by atoms with Gasteiger partial charge in [0.1, 0.15) is 30.2 Å². The Kier molecular flexibility index (Phi) is 4.22. The van der Waals surface area contributed by atoms with E-state index in [0.717, 1.165) is 11.4 Å². The van der Waals surface area contributed by atoms with Crippen molar-refractivity contribution in [3.63, 3.8) is 0 Å². The zero-order valence-corrected chi connectivity index (χ0v) is 14.1. The number of nitrogens with zero attached hydrogens (tertiary/aromatic N) is 7. The number of benzene rings is 1. The summed E-state index contributed by atoms with van der Waals surface area (Å²) in [5.74, 6) is 0.993. The van der Waals surface area contributed by atoms with Crippen LogP contribution in [0.3, 0.4) is 0 Å². The van der Waals surface area contributed by atoms with Crippen LogP contribution in [-0.4, -0.2) is 34.5 Å². The van der Waals surface area contributed by atoms with Crippen molar-refractivity contribution in [3.8, 4) is 11.5 Å². The van der Waals surface area contributed by atoms with Crippen molar-refractivity contribution in [1.82, 2.24) is 34.5 Å². The maximum absolute atomic E-state index is 13.2. The lowest BCUT2D eigenvalue weighted by atomic mass is 10.2. The fourth-order valence-electron chi connectivity index (χ4n) is 2.68. The van der Waals surface area contributed by atoms with Crippen LogP contribution in [0.4, 0.5) is 4.39 Å². The summed E-state index contributed by atoms with van der Waals surface area (Å²) in [5, 5.41) is 8.81. The van der Waals surface area contributed by atoms with Crippen LogP contribution >= 0.6 is 0 Å². The lowest BCUT2D eigenvalue weighted by Gasteiger charge is -2.12. The van der Waals surface area contributed by atoms with Crippen molar-refractivity contribution in [1.29, 1.82) is 0 Å². The predicted octanol–water partition coefficient (Wildman–Crippen LogP) is 2.73. The van der Waals surface area contributed by atoms with Crippen LogP contribution < -0.4 is 0 Å². The van der Waals surface area contributed by atoms with E-state index in [1.807, 2.05) is 25.1 Å². The Morgan fingerprint density at radius 1 is 1.12 bits per heavy atom. The van der Waals surface area contributed by atoms with Crippen LogP contribution in [0.15, 0.2) is 61.3 Å². The molecule has 0 unspecified atom stereocenters. The van der Waals surface area contributed by atoms with Gasteiger partial charge >= 0.3 is 0 Å². The van der Waals surface area contributed by atoms with Gasteiger partial charge < -0.3 is 0 Å². The van der Waals surface area contributed by atoms with Gasteiger partial charge in [-0.05, 0) is 36.8 Å². The number of halogens is 1. The minimum Gasteiger partial charge on any atom is -0.253 e. The number of pyridine rings is 1. The van der Waals surface area contributed by atoms with Crippen molar-refractivity contribution < 1.29 is 4.39 Å². The molecule has 130 valence electrons. The van der Waals surface area contributed by atoms with Crippen LogP contribution in [0.2, 0.25) is 0 Å². The fraction of sp³-hybridized carbons (Fsp3) is 0.167. The summed E-state index contributed by atoms with van der Waals surface area (Å²) in [5.41, 5.74) is 1.62. The van der Waals surface area contributed by atoms with E-state index in [9.17, 15) is 4.39 Å². The molecular weight excluding hydrogens is 333 g/mol. The molecule has 26 heavy (non-hydrogen) atoms. The van der Waals surface area contributed by atoms with Crippen molar-refractivity contribution >= 4 is 0 Å². The van der Waals surface area contributed by atoms with Gasteiger partial charge in [-0.2, -0.15) is 5.10 Å². The smallest absolute Gasteiger partial charge is 0.200 e. The molecule has 0 amide bonds. The summed E-state index contributed by atoms with van der Waals surface area (Å²) in [6.45, 7) is 2.44. The monoisotopic (exact) mass is 349 g/mol. The molecular formula is C18H16FN7. The van der Waals surface area contributed by atoms with Crippen LogP contribution in [0.25, 0.3) is 11.5 Å². The first-order valence-electron chi connectivity index (χ1n) is 8.15. The second kappa shape index (κ2) is 6.83. The van der Waals surface area contributed by atoms with E-state index in [2.05, 4.69) is 25.1 Å². The summed E-state index contributed by atoms with van der Waals surface area (Å²) in [7, 11) is 0. The molecule has 0 spiro atoms. The standard InChI is InChI=1S/C18H16FN7/c1-13(26-12-20-11-22-26)18-23-17(16-4-2-3-9-21-16)24-25(18)10-14-5-7-15(19)8-6-14/h2-9,11-13H,10H2,1H3/t13-/m1/s1. The van der Waals surface area contributed by atoms with E-state index in [0.29, 0.717) is 18.1 Å². The normalized spacial score (nSPS) is 12.2. The molecule has 3 aromatic heterocycles. The molecule has 8 heteroatoms. The predicted molar refractivity (Wildman–Crippen MR) is 92.6 cm³/mol. The molecule has 0 saturated carbocycles. The molecule has 4 aromatic rings. The average Bonchev–Trinajstić information content (AvgIpc) is 3.34. The molecule has 1 atom stereocenters. The first-order chi connectivity index (χ1) is 12.7. The van der Waals surface area contributed by atoms with E-state index < -0.39 is 0 Å². The second-order valence-electron chi connectivity index (χ2n) is 5.84. The molecule has 0 fully saturated rings. The van der Waals surface area contributed by atoms with Gasteiger partial charge in [0.05, 0.1) is 6.54 Å². The van der Waals surface area contributed by atoms with Crippen molar-refractivity contribution in [2.75, 3.05) is 0 Å². The molecule has 0 bridgehead atoms. The minimum absolute atomic E-state index is 0.164. The Balaban J connectivity index is 1.74. The molecule has 0 N–H and O–H groups in total. The minimum atomic E-state index is -0.266. The summed E-state index contributed by atoms with van der Waals surface area (Å²) in [4.78, 5) is 13.0. The van der Waals surface area contributed by atoms with Crippen LogP contribution in [-0.2, 0) is 6.54 Å². The molecule has 0 radical (unpaired) electrons. The average molecular weight is 349 g/mol. The topological polar surface area (TPSA) is 74.3 Å². The Labute approximate surface area is 149 Å². The zero-order chi connectivity index (χ0) is 17.9. The molecule has 0 aliphatic rings. The van der Waals surface area contributed by atoms with Gasteiger partial charge in [-0.25, -0.2) is 23.7 Å². The number of rotatable bonds is 5. The van der Waals surface area contributed by atoms with Crippen molar-refractivity contribution in [2.24, 2.45) is 0 Å². The summed E-state index contributed by atoms with van der Waals surface area (Å²) in [6.07, 6.45) is 4.83. The SMILES string of the molecule is C[C@H](c1nc(-c2ccccn2)nn1Cc1ccc(F)cc1)n1cncn1. The molecule has 0 aliphatic carbocycles. The van der Waals surface area contributed by atoms with Crippen LogP contribution in [0.5, 0.6) is 0 Å².